The normalized spacial score (nSPS) is 40.9. The highest BCUT2D eigenvalue weighted by Gasteiger charge is 2.53. The smallest absolute Gasteiger partial charge is 0.276 e. The Morgan fingerprint density at radius 2 is 1.82 bits per heavy atom. The minimum absolute atomic E-state index is 0.241. The van der Waals surface area contributed by atoms with E-state index in [1.807, 2.05) is 0 Å². The predicted octanol–water partition coefficient (Wildman–Crippen LogP) is 0.700. The lowest BCUT2D eigenvalue weighted by atomic mass is 9.83. The molecule has 98 valence electrons. The lowest BCUT2D eigenvalue weighted by Crippen LogP contribution is -2.48. The SMILES string of the molecule is N[C@@H](CC1CCCCC1)[C@@H](O)C1OC2OC1O2. The van der Waals surface area contributed by atoms with Crippen LogP contribution in [-0.2, 0) is 14.2 Å². The van der Waals surface area contributed by atoms with E-state index in [9.17, 15) is 5.11 Å². The number of fused-ring (bicyclic) bond motifs is 1. The van der Waals surface area contributed by atoms with E-state index in [2.05, 4.69) is 0 Å². The van der Waals surface area contributed by atoms with Gasteiger partial charge in [-0.25, -0.2) is 0 Å². The minimum Gasteiger partial charge on any atom is -0.389 e. The standard InChI is InChI=1S/C12H21NO4/c13-8(6-7-4-2-1-3-5-7)9(14)10-11-16-12(15-10)17-11/h7-12,14H,1-6,13H2/t8-,9+,10?,11?,12?/m0/s1. The molecule has 17 heavy (non-hydrogen) atoms. The van der Waals surface area contributed by atoms with Gasteiger partial charge in [0, 0.05) is 6.04 Å². The molecule has 1 saturated carbocycles. The number of hydrogen-bond acceptors (Lipinski definition) is 5. The second-order valence-corrected chi connectivity index (χ2v) is 5.42. The molecule has 0 spiro atoms. The predicted molar refractivity (Wildman–Crippen MR) is 59.8 cm³/mol. The number of ether oxygens (including phenoxy) is 3. The molecule has 4 rings (SSSR count). The van der Waals surface area contributed by atoms with E-state index >= 15 is 0 Å². The van der Waals surface area contributed by atoms with E-state index in [4.69, 9.17) is 19.9 Å². The monoisotopic (exact) mass is 243 g/mol. The summed E-state index contributed by atoms with van der Waals surface area (Å²) in [6.07, 6.45) is 5.79. The molecule has 0 aromatic rings. The third kappa shape index (κ3) is 2.35. The molecule has 5 nitrogen and oxygen atoms in total. The third-order valence-electron chi connectivity index (χ3n) is 4.13. The Morgan fingerprint density at radius 3 is 2.41 bits per heavy atom. The van der Waals surface area contributed by atoms with Gasteiger partial charge in [0.25, 0.3) is 6.48 Å². The van der Waals surface area contributed by atoms with Crippen molar-refractivity contribution >= 4 is 0 Å². The molecule has 4 fully saturated rings. The lowest BCUT2D eigenvalue weighted by molar-refractivity contribution is -0.381. The van der Waals surface area contributed by atoms with Gasteiger partial charge in [0.2, 0.25) is 0 Å². The van der Waals surface area contributed by atoms with Crippen molar-refractivity contribution in [1.29, 1.82) is 0 Å². The summed E-state index contributed by atoms with van der Waals surface area (Å²) >= 11 is 0. The Balaban J connectivity index is 1.49. The van der Waals surface area contributed by atoms with E-state index in [0.717, 1.165) is 6.42 Å². The van der Waals surface area contributed by atoms with Gasteiger partial charge in [-0.15, -0.1) is 0 Å². The van der Waals surface area contributed by atoms with Crippen LogP contribution in [0.4, 0.5) is 0 Å². The lowest BCUT2D eigenvalue weighted by Gasteiger charge is -2.29. The molecule has 3 saturated heterocycles. The van der Waals surface area contributed by atoms with Gasteiger partial charge in [-0.3, -0.25) is 9.47 Å². The van der Waals surface area contributed by atoms with Crippen LogP contribution in [0.5, 0.6) is 0 Å². The van der Waals surface area contributed by atoms with Crippen molar-refractivity contribution in [3.8, 4) is 0 Å². The number of aliphatic hydroxyl groups excluding tert-OH is 1. The number of rotatable bonds is 4. The van der Waals surface area contributed by atoms with E-state index in [1.165, 1.54) is 32.1 Å². The highest BCUT2D eigenvalue weighted by molar-refractivity contribution is 4.89. The summed E-state index contributed by atoms with van der Waals surface area (Å²) in [5.74, 6) is 0.659. The summed E-state index contributed by atoms with van der Waals surface area (Å²) in [5.41, 5.74) is 6.07. The van der Waals surface area contributed by atoms with Gasteiger partial charge in [0.05, 0.1) is 0 Å². The zero-order chi connectivity index (χ0) is 11.8. The molecule has 3 heterocycles. The maximum Gasteiger partial charge on any atom is 0.276 e. The van der Waals surface area contributed by atoms with Crippen LogP contribution in [0.15, 0.2) is 0 Å². The first-order chi connectivity index (χ1) is 8.24. The molecule has 4 aliphatic rings. The molecule has 1 unspecified atom stereocenters. The fourth-order valence-electron chi connectivity index (χ4n) is 3.07. The van der Waals surface area contributed by atoms with Crippen molar-refractivity contribution in [2.75, 3.05) is 0 Å². The zero-order valence-electron chi connectivity index (χ0n) is 9.96. The maximum absolute atomic E-state index is 10.1. The zero-order valence-corrected chi connectivity index (χ0v) is 9.96. The van der Waals surface area contributed by atoms with Crippen molar-refractivity contribution in [3.05, 3.63) is 0 Å². The first-order valence-corrected chi connectivity index (χ1v) is 6.64. The molecule has 5 heteroatoms. The van der Waals surface area contributed by atoms with Gasteiger partial charge in [-0.05, 0) is 12.3 Å². The Labute approximate surface area is 101 Å². The summed E-state index contributed by atoms with van der Waals surface area (Å²) in [7, 11) is 0. The van der Waals surface area contributed by atoms with E-state index in [1.54, 1.807) is 0 Å². The number of aliphatic hydroxyl groups is 1. The van der Waals surface area contributed by atoms with Gasteiger partial charge in [0.15, 0.2) is 6.29 Å². The van der Waals surface area contributed by atoms with E-state index in [0.29, 0.717) is 5.92 Å². The third-order valence-corrected chi connectivity index (χ3v) is 4.13. The van der Waals surface area contributed by atoms with E-state index < -0.39 is 25.0 Å². The average Bonchev–Trinajstić information content (AvgIpc) is 2.88. The van der Waals surface area contributed by atoms with E-state index in [-0.39, 0.29) is 6.04 Å². The summed E-state index contributed by atoms with van der Waals surface area (Å²) in [6, 6.07) is -0.241. The van der Waals surface area contributed by atoms with Crippen LogP contribution >= 0.6 is 0 Å². The molecule has 2 bridgehead atoms. The summed E-state index contributed by atoms with van der Waals surface area (Å²) in [5, 5.41) is 10.1. The van der Waals surface area contributed by atoms with Crippen molar-refractivity contribution in [3.63, 3.8) is 0 Å². The second kappa shape index (κ2) is 4.82. The second-order valence-electron chi connectivity index (χ2n) is 5.42. The molecular weight excluding hydrogens is 222 g/mol. The molecule has 0 radical (unpaired) electrons. The fourth-order valence-corrected chi connectivity index (χ4v) is 3.07. The van der Waals surface area contributed by atoms with Gasteiger partial charge in [-0.1, -0.05) is 32.1 Å². The highest BCUT2D eigenvalue weighted by atomic mass is 17.0. The van der Waals surface area contributed by atoms with Crippen molar-refractivity contribution in [2.45, 2.75) is 69.5 Å². The van der Waals surface area contributed by atoms with Crippen molar-refractivity contribution < 1.29 is 19.3 Å². The minimum atomic E-state index is -0.686. The Morgan fingerprint density at radius 1 is 1.12 bits per heavy atom. The van der Waals surface area contributed by atoms with Crippen LogP contribution in [0, 0.1) is 5.92 Å². The summed E-state index contributed by atoms with van der Waals surface area (Å²) in [6.45, 7) is -0.568. The first-order valence-electron chi connectivity index (χ1n) is 6.64. The fraction of sp³-hybridized carbons (Fsp3) is 1.00. The molecule has 3 N–H and O–H groups in total. The van der Waals surface area contributed by atoms with Crippen LogP contribution in [-0.4, -0.2) is 36.1 Å². The Kier molecular flexibility index (Phi) is 3.36. The molecule has 1 aliphatic carbocycles. The maximum atomic E-state index is 10.1. The van der Waals surface area contributed by atoms with Gasteiger partial charge in [0.1, 0.15) is 12.2 Å². The van der Waals surface area contributed by atoms with Gasteiger partial charge < -0.3 is 15.6 Å². The van der Waals surface area contributed by atoms with Crippen molar-refractivity contribution in [1.82, 2.24) is 0 Å². The molecular formula is C12H21NO4. The molecule has 0 aromatic heterocycles. The highest BCUT2D eigenvalue weighted by Crippen LogP contribution is 2.36. The average molecular weight is 243 g/mol. The Bertz CT molecular complexity index is 263. The summed E-state index contributed by atoms with van der Waals surface area (Å²) in [4.78, 5) is 0. The molecule has 0 aromatic carbocycles. The molecule has 3 aliphatic heterocycles. The Hall–Kier alpha value is -0.200. The molecule has 3 atom stereocenters. The van der Waals surface area contributed by atoms with Crippen LogP contribution in [0.3, 0.4) is 0 Å². The first kappa shape index (κ1) is 11.9. The quantitative estimate of drug-likeness (QED) is 0.760. The van der Waals surface area contributed by atoms with Crippen LogP contribution in [0.1, 0.15) is 38.5 Å². The van der Waals surface area contributed by atoms with Gasteiger partial charge >= 0.3 is 0 Å². The largest absolute Gasteiger partial charge is 0.389 e. The van der Waals surface area contributed by atoms with Crippen LogP contribution in [0.25, 0.3) is 0 Å². The topological polar surface area (TPSA) is 73.9 Å². The van der Waals surface area contributed by atoms with Crippen LogP contribution < -0.4 is 5.73 Å². The number of hydrogen-bond donors (Lipinski definition) is 2. The van der Waals surface area contributed by atoms with Gasteiger partial charge in [-0.2, -0.15) is 0 Å². The molecule has 0 amide bonds. The summed E-state index contributed by atoms with van der Waals surface area (Å²) < 4.78 is 15.7. The van der Waals surface area contributed by atoms with Crippen molar-refractivity contribution in [2.24, 2.45) is 11.7 Å². The van der Waals surface area contributed by atoms with Crippen LogP contribution in [0.2, 0.25) is 0 Å². The number of nitrogens with two attached hydrogens (primary N) is 1.